The minimum atomic E-state index is -0.662. The number of aryl methyl sites for hydroxylation is 1. The monoisotopic (exact) mass is 399 g/mol. The zero-order chi connectivity index (χ0) is 20.8. The molecular weight excluding hydrogens is 377 g/mol. The Morgan fingerprint density at radius 2 is 1.79 bits per heavy atom. The highest BCUT2D eigenvalue weighted by Gasteiger charge is 2.16. The minimum absolute atomic E-state index is 0.0470. The van der Waals surface area contributed by atoms with E-state index in [0.29, 0.717) is 28.8 Å². The van der Waals surface area contributed by atoms with E-state index in [4.69, 9.17) is 14.2 Å². The van der Waals surface area contributed by atoms with Crippen LogP contribution in [0.2, 0.25) is 0 Å². The molecule has 3 aromatic rings. The van der Waals surface area contributed by atoms with E-state index in [1.54, 1.807) is 25.1 Å². The van der Waals surface area contributed by atoms with Gasteiger partial charge in [0.15, 0.2) is 0 Å². The van der Waals surface area contributed by atoms with E-state index in [1.807, 2.05) is 13.0 Å². The molecule has 0 unspecified atom stereocenters. The maximum atomic E-state index is 12.9. The van der Waals surface area contributed by atoms with Gasteiger partial charge < -0.3 is 19.2 Å². The highest BCUT2D eigenvalue weighted by atomic mass is 19.1. The molecule has 0 amide bonds. The molecule has 0 fully saturated rings. The normalized spacial score (nSPS) is 10.7. The molecule has 152 valence electrons. The molecule has 29 heavy (non-hydrogen) atoms. The summed E-state index contributed by atoms with van der Waals surface area (Å²) in [6.45, 7) is 4.35. The van der Waals surface area contributed by atoms with Crippen LogP contribution in [0.3, 0.4) is 0 Å². The number of pyridine rings is 1. The lowest BCUT2D eigenvalue weighted by molar-refractivity contribution is 0.0524. The summed E-state index contributed by atoms with van der Waals surface area (Å²) in [5, 5.41) is 0.349. The van der Waals surface area contributed by atoms with Crippen LogP contribution in [0, 0.1) is 5.82 Å². The first kappa shape index (κ1) is 20.4. The van der Waals surface area contributed by atoms with Crippen LogP contribution in [0.25, 0.3) is 10.9 Å². The van der Waals surface area contributed by atoms with Gasteiger partial charge in [0, 0.05) is 11.7 Å². The summed E-state index contributed by atoms with van der Waals surface area (Å²) >= 11 is 0. The largest absolute Gasteiger partial charge is 0.490 e. The number of halogens is 1. The van der Waals surface area contributed by atoms with Gasteiger partial charge in [0.05, 0.1) is 12.0 Å². The van der Waals surface area contributed by atoms with Crippen LogP contribution < -0.4 is 14.9 Å². The Morgan fingerprint density at radius 1 is 1.07 bits per heavy atom. The van der Waals surface area contributed by atoms with Crippen molar-refractivity contribution in [3.8, 4) is 11.5 Å². The van der Waals surface area contributed by atoms with E-state index in [0.717, 1.165) is 5.56 Å². The number of fused-ring (bicyclic) bond motifs is 1. The van der Waals surface area contributed by atoms with Gasteiger partial charge in [-0.1, -0.05) is 6.92 Å². The molecule has 0 radical (unpaired) electrons. The number of carbonyl (C=O) groups excluding carboxylic acids is 1. The van der Waals surface area contributed by atoms with Gasteiger partial charge in [-0.05, 0) is 55.3 Å². The van der Waals surface area contributed by atoms with Crippen molar-refractivity contribution >= 4 is 16.9 Å². The second kappa shape index (κ2) is 9.23. The van der Waals surface area contributed by atoms with Crippen molar-refractivity contribution in [2.45, 2.75) is 20.3 Å². The Labute approximate surface area is 167 Å². The Kier molecular flexibility index (Phi) is 6.49. The van der Waals surface area contributed by atoms with Crippen LogP contribution in [0.15, 0.2) is 47.4 Å². The van der Waals surface area contributed by atoms with E-state index in [2.05, 4.69) is 4.98 Å². The summed E-state index contributed by atoms with van der Waals surface area (Å²) < 4.78 is 29.2. The fourth-order valence-electron chi connectivity index (χ4n) is 2.91. The molecule has 0 atom stereocenters. The maximum absolute atomic E-state index is 12.9. The van der Waals surface area contributed by atoms with E-state index < -0.39 is 11.4 Å². The number of aromatic amines is 1. The zero-order valence-electron chi connectivity index (χ0n) is 16.3. The van der Waals surface area contributed by atoms with Crippen molar-refractivity contribution in [3.05, 3.63) is 69.8 Å². The smallest absolute Gasteiger partial charge is 0.343 e. The van der Waals surface area contributed by atoms with Crippen molar-refractivity contribution < 1.29 is 23.4 Å². The van der Waals surface area contributed by atoms with Crippen LogP contribution in [-0.2, 0) is 11.2 Å². The molecule has 2 aromatic carbocycles. The lowest BCUT2D eigenvalue weighted by atomic mass is 10.1. The van der Waals surface area contributed by atoms with E-state index in [9.17, 15) is 14.0 Å². The van der Waals surface area contributed by atoms with Crippen molar-refractivity contribution in [2.24, 2.45) is 0 Å². The summed E-state index contributed by atoms with van der Waals surface area (Å²) in [4.78, 5) is 27.7. The first-order valence-corrected chi connectivity index (χ1v) is 9.40. The van der Waals surface area contributed by atoms with Crippen molar-refractivity contribution in [3.63, 3.8) is 0 Å². The molecule has 1 aromatic heterocycles. The summed E-state index contributed by atoms with van der Waals surface area (Å²) in [6, 6.07) is 9.19. The number of esters is 1. The summed E-state index contributed by atoms with van der Waals surface area (Å²) in [7, 11) is 0. The minimum Gasteiger partial charge on any atom is -0.490 e. The first-order valence-electron chi connectivity index (χ1n) is 9.40. The van der Waals surface area contributed by atoms with E-state index in [1.165, 1.54) is 18.3 Å². The van der Waals surface area contributed by atoms with Crippen LogP contribution in [0.1, 0.15) is 29.8 Å². The molecule has 0 aliphatic rings. The van der Waals surface area contributed by atoms with Gasteiger partial charge in [0.2, 0.25) is 5.43 Å². The molecular formula is C22H22FNO5. The van der Waals surface area contributed by atoms with Crippen LogP contribution in [-0.4, -0.2) is 30.8 Å². The lowest BCUT2D eigenvalue weighted by Crippen LogP contribution is -2.18. The van der Waals surface area contributed by atoms with Crippen LogP contribution >= 0.6 is 0 Å². The molecule has 3 rings (SSSR count). The predicted octanol–water partition coefficient (Wildman–Crippen LogP) is 3.86. The number of benzene rings is 2. The SMILES string of the molecule is CCOC(=O)c1c[nH]c2cc(CC)c(OCCOc3ccc(F)cc3)cc2c1=O. The number of nitrogens with one attached hydrogen (secondary N) is 1. The van der Waals surface area contributed by atoms with Gasteiger partial charge >= 0.3 is 5.97 Å². The van der Waals surface area contributed by atoms with E-state index >= 15 is 0 Å². The molecule has 0 aliphatic heterocycles. The van der Waals surface area contributed by atoms with Gasteiger partial charge in [-0.3, -0.25) is 4.79 Å². The average Bonchev–Trinajstić information content (AvgIpc) is 2.72. The van der Waals surface area contributed by atoms with Crippen molar-refractivity contribution in [2.75, 3.05) is 19.8 Å². The number of ether oxygens (including phenoxy) is 3. The zero-order valence-corrected chi connectivity index (χ0v) is 16.3. The number of hydrogen-bond acceptors (Lipinski definition) is 5. The van der Waals surface area contributed by atoms with Gasteiger partial charge in [-0.25, -0.2) is 9.18 Å². The third kappa shape index (κ3) is 4.74. The van der Waals surface area contributed by atoms with Crippen LogP contribution in [0.4, 0.5) is 4.39 Å². The van der Waals surface area contributed by atoms with Crippen molar-refractivity contribution in [1.82, 2.24) is 4.98 Å². The Morgan fingerprint density at radius 3 is 2.48 bits per heavy atom. The molecule has 1 N–H and O–H groups in total. The second-order valence-corrected chi connectivity index (χ2v) is 6.26. The molecule has 0 aliphatic carbocycles. The lowest BCUT2D eigenvalue weighted by Gasteiger charge is -2.13. The summed E-state index contributed by atoms with van der Waals surface area (Å²) in [5.41, 5.74) is 1.08. The van der Waals surface area contributed by atoms with Gasteiger partial charge in [0.1, 0.15) is 36.1 Å². The molecule has 6 nitrogen and oxygen atoms in total. The Bertz CT molecular complexity index is 1060. The van der Waals surface area contributed by atoms with Crippen molar-refractivity contribution in [1.29, 1.82) is 0 Å². The van der Waals surface area contributed by atoms with E-state index in [-0.39, 0.29) is 31.2 Å². The number of hydrogen-bond donors (Lipinski definition) is 1. The quantitative estimate of drug-likeness (QED) is 0.460. The van der Waals surface area contributed by atoms with Gasteiger partial charge in [0.25, 0.3) is 0 Å². The number of carbonyl (C=O) groups is 1. The van der Waals surface area contributed by atoms with Gasteiger partial charge in [-0.15, -0.1) is 0 Å². The Hall–Kier alpha value is -3.35. The highest BCUT2D eigenvalue weighted by Crippen LogP contribution is 2.24. The maximum Gasteiger partial charge on any atom is 0.343 e. The first-order chi connectivity index (χ1) is 14.0. The fourth-order valence-corrected chi connectivity index (χ4v) is 2.91. The third-order valence-corrected chi connectivity index (χ3v) is 4.36. The molecule has 7 heteroatoms. The predicted molar refractivity (Wildman–Crippen MR) is 107 cm³/mol. The number of H-pyrrole nitrogens is 1. The number of aromatic nitrogens is 1. The average molecular weight is 399 g/mol. The molecule has 0 bridgehead atoms. The topological polar surface area (TPSA) is 77.6 Å². The summed E-state index contributed by atoms with van der Waals surface area (Å²) in [5.74, 6) is 0.101. The van der Waals surface area contributed by atoms with Crippen LogP contribution in [0.5, 0.6) is 11.5 Å². The second-order valence-electron chi connectivity index (χ2n) is 6.26. The standard InChI is InChI=1S/C22H22FNO5/c1-3-14-11-19-17(21(25)18(13-24-19)22(26)27-4-2)12-20(14)29-10-9-28-16-7-5-15(23)6-8-16/h5-8,11-13H,3-4,9-10H2,1-2H3,(H,24,25). The molecule has 0 saturated carbocycles. The van der Waals surface area contributed by atoms with Gasteiger partial charge in [-0.2, -0.15) is 0 Å². The fraction of sp³-hybridized carbons (Fsp3) is 0.273. The molecule has 1 heterocycles. The number of rotatable bonds is 8. The Balaban J connectivity index is 1.78. The third-order valence-electron chi connectivity index (χ3n) is 4.36. The summed E-state index contributed by atoms with van der Waals surface area (Å²) in [6.07, 6.45) is 2.07. The molecule has 0 spiro atoms. The highest BCUT2D eigenvalue weighted by molar-refractivity contribution is 5.94. The molecule has 0 saturated heterocycles.